The van der Waals surface area contributed by atoms with Crippen LogP contribution >= 0.6 is 21.2 Å². The van der Waals surface area contributed by atoms with Crippen LogP contribution < -0.4 is 0 Å². The zero-order chi connectivity index (χ0) is 8.48. The molecule has 0 saturated carbocycles. The van der Waals surface area contributed by atoms with E-state index >= 15 is 0 Å². The fourth-order valence-corrected chi connectivity index (χ4v) is 1.85. The first kappa shape index (κ1) is 9.01. The molecule has 6 heteroatoms. The number of hydrogen-bond acceptors (Lipinski definition) is 3. The molecule has 1 rings (SSSR count). The second-order valence-electron chi connectivity index (χ2n) is 1.95. The van der Waals surface area contributed by atoms with Crippen molar-refractivity contribution in [3.63, 3.8) is 0 Å². The number of nitrogens with zero attached hydrogens (tertiary/aromatic N) is 1. The Kier molecular flexibility index (Phi) is 2.55. The van der Waals surface area contributed by atoms with Crippen LogP contribution in [-0.4, -0.2) is 17.5 Å². The minimum absolute atomic E-state index is 0.140. The molecular weight excluding hydrogens is 281 g/mol. The minimum atomic E-state index is -3.22. The van der Waals surface area contributed by atoms with Gasteiger partial charge in [0.25, 0.3) is 7.19 Å². The summed E-state index contributed by atoms with van der Waals surface area (Å²) in [5.41, 5.74) is 0.588. The highest BCUT2D eigenvalue weighted by Crippen LogP contribution is 2.09. The van der Waals surface area contributed by atoms with Gasteiger partial charge in [0.1, 0.15) is 0 Å². The highest BCUT2D eigenvalue weighted by atomic mass is 127. The predicted molar refractivity (Wildman–Crippen MR) is 48.7 cm³/mol. The molecule has 0 aromatic carbocycles. The van der Waals surface area contributed by atoms with E-state index in [9.17, 15) is 8.42 Å². The van der Waals surface area contributed by atoms with Crippen LogP contribution in [-0.2, 0) is 13.8 Å². The summed E-state index contributed by atoms with van der Waals surface area (Å²) >= 11 is 1.33. The summed E-state index contributed by atoms with van der Waals surface area (Å²) in [4.78, 5) is 0. The molecule has 0 saturated heterocycles. The summed E-state index contributed by atoms with van der Waals surface area (Å²) in [7, 11) is -3.22. The molecule has 0 aliphatic heterocycles. The van der Waals surface area contributed by atoms with Crippen LogP contribution in [0.3, 0.4) is 0 Å². The summed E-state index contributed by atoms with van der Waals surface area (Å²) in [6.07, 6.45) is 2.77. The molecule has 0 aliphatic rings. The van der Waals surface area contributed by atoms with Crippen molar-refractivity contribution in [2.75, 3.05) is 0 Å². The predicted octanol–water partition coefficient (Wildman–Crippen LogP) is 0.508. The Morgan fingerprint density at radius 2 is 2.27 bits per heavy atom. The monoisotopic (exact) mass is 287 g/mol. The smallest absolute Gasteiger partial charge is 0.291 e. The lowest BCUT2D eigenvalue weighted by molar-refractivity contribution is 0.282. The third kappa shape index (κ3) is 2.17. The van der Waals surface area contributed by atoms with Crippen molar-refractivity contribution in [2.24, 2.45) is 0 Å². The summed E-state index contributed by atoms with van der Waals surface area (Å²) in [5, 5.41) is 8.61. The highest BCUT2D eigenvalue weighted by Gasteiger charge is 2.06. The van der Waals surface area contributed by atoms with Crippen LogP contribution in [0.1, 0.15) is 5.56 Å². The minimum Gasteiger partial charge on any atom is -0.392 e. The van der Waals surface area contributed by atoms with Crippen LogP contribution in [0.5, 0.6) is 0 Å². The van der Waals surface area contributed by atoms with Gasteiger partial charge in [-0.05, 0) is 11.6 Å². The van der Waals surface area contributed by atoms with E-state index in [0.717, 1.165) is 3.97 Å². The fraction of sp³-hybridized carbons (Fsp3) is 0.200. The summed E-state index contributed by atoms with van der Waals surface area (Å²) in [6.45, 7) is -0.140. The van der Waals surface area contributed by atoms with Gasteiger partial charge in [0.2, 0.25) is 0 Å². The fourth-order valence-electron chi connectivity index (χ4n) is 0.648. The Hall–Kier alpha value is -0.0800. The van der Waals surface area contributed by atoms with Crippen molar-refractivity contribution in [3.05, 3.63) is 24.0 Å². The van der Waals surface area contributed by atoms with Crippen molar-refractivity contribution in [1.29, 1.82) is 0 Å². The Bertz CT molecular complexity index is 342. The first-order chi connectivity index (χ1) is 5.04. The largest absolute Gasteiger partial charge is 0.392 e. The van der Waals surface area contributed by atoms with Gasteiger partial charge in [-0.1, -0.05) is 0 Å². The lowest BCUT2D eigenvalue weighted by Gasteiger charge is -1.93. The van der Waals surface area contributed by atoms with E-state index in [1.54, 1.807) is 6.07 Å². The van der Waals surface area contributed by atoms with Crippen LogP contribution in [0.15, 0.2) is 18.5 Å². The SMILES string of the molecule is O=S(=O)(I)n1ccc(CO)c1. The van der Waals surface area contributed by atoms with E-state index in [-0.39, 0.29) is 6.61 Å². The quantitative estimate of drug-likeness (QED) is 0.637. The standard InChI is InChI=1S/C5H6INO3S/c6-11(9,10)7-2-1-5(3-7)4-8/h1-3,8H,4H2. The normalized spacial score (nSPS) is 11.8. The molecular formula is C5H6INO3S. The van der Waals surface area contributed by atoms with Crippen molar-refractivity contribution in [1.82, 2.24) is 3.97 Å². The van der Waals surface area contributed by atoms with E-state index in [1.807, 2.05) is 0 Å². The van der Waals surface area contributed by atoms with Gasteiger partial charge in [-0.3, -0.25) is 0 Å². The molecule has 0 radical (unpaired) electrons. The Morgan fingerprint density at radius 3 is 2.55 bits per heavy atom. The van der Waals surface area contributed by atoms with E-state index in [1.165, 1.54) is 33.6 Å². The maximum Gasteiger partial charge on any atom is 0.291 e. The van der Waals surface area contributed by atoms with Gasteiger partial charge in [0, 0.05) is 12.4 Å². The molecule has 0 spiro atoms. The lowest BCUT2D eigenvalue weighted by Crippen LogP contribution is -1.99. The number of aromatic nitrogens is 1. The van der Waals surface area contributed by atoms with Crippen LogP contribution in [0.25, 0.3) is 0 Å². The third-order valence-electron chi connectivity index (χ3n) is 1.16. The average molecular weight is 287 g/mol. The molecule has 1 heterocycles. The lowest BCUT2D eigenvalue weighted by atomic mass is 10.4. The molecule has 4 nitrogen and oxygen atoms in total. The van der Waals surface area contributed by atoms with Gasteiger partial charge >= 0.3 is 0 Å². The molecule has 1 N–H and O–H groups in total. The number of aliphatic hydroxyl groups is 1. The van der Waals surface area contributed by atoms with Gasteiger partial charge in [0.15, 0.2) is 0 Å². The van der Waals surface area contributed by atoms with Crippen LogP contribution in [0, 0.1) is 0 Å². The van der Waals surface area contributed by atoms with Crippen LogP contribution in [0.4, 0.5) is 0 Å². The second kappa shape index (κ2) is 3.11. The van der Waals surface area contributed by atoms with E-state index in [2.05, 4.69) is 0 Å². The molecule has 1 aromatic rings. The van der Waals surface area contributed by atoms with Gasteiger partial charge in [0.05, 0.1) is 27.8 Å². The molecule has 62 valence electrons. The van der Waals surface area contributed by atoms with Gasteiger partial charge < -0.3 is 5.11 Å². The molecule has 0 atom stereocenters. The Labute approximate surface area is 76.5 Å². The van der Waals surface area contributed by atoms with E-state index < -0.39 is 7.19 Å². The molecule has 0 amide bonds. The highest BCUT2D eigenvalue weighted by molar-refractivity contribution is 14.2. The molecule has 0 aliphatic carbocycles. The summed E-state index contributed by atoms with van der Waals surface area (Å²) in [5.74, 6) is 0. The first-order valence-electron chi connectivity index (χ1n) is 2.77. The molecule has 0 unspecified atom stereocenters. The van der Waals surface area contributed by atoms with Gasteiger partial charge in [-0.2, -0.15) is 8.42 Å². The molecule has 1 aromatic heterocycles. The number of halogens is 1. The van der Waals surface area contributed by atoms with Crippen molar-refractivity contribution < 1.29 is 13.5 Å². The second-order valence-corrected chi connectivity index (χ2v) is 6.53. The molecule has 0 bridgehead atoms. The van der Waals surface area contributed by atoms with Crippen molar-refractivity contribution >= 4 is 28.4 Å². The van der Waals surface area contributed by atoms with Gasteiger partial charge in [-0.25, -0.2) is 3.97 Å². The number of hydrogen-bond donors (Lipinski definition) is 1. The van der Waals surface area contributed by atoms with E-state index in [4.69, 9.17) is 5.11 Å². The zero-order valence-corrected chi connectivity index (χ0v) is 8.41. The van der Waals surface area contributed by atoms with E-state index in [0.29, 0.717) is 5.56 Å². The molecule has 0 fully saturated rings. The molecule has 11 heavy (non-hydrogen) atoms. The summed E-state index contributed by atoms with van der Waals surface area (Å²) < 4.78 is 22.7. The maximum atomic E-state index is 10.8. The topological polar surface area (TPSA) is 59.3 Å². The zero-order valence-electron chi connectivity index (χ0n) is 5.44. The first-order valence-corrected chi connectivity index (χ1v) is 6.75. The average Bonchev–Trinajstić information content (AvgIpc) is 2.32. The number of aliphatic hydroxyl groups excluding tert-OH is 1. The maximum absolute atomic E-state index is 10.8. The van der Waals surface area contributed by atoms with Gasteiger partial charge in [-0.15, -0.1) is 0 Å². The van der Waals surface area contributed by atoms with Crippen molar-refractivity contribution in [3.8, 4) is 0 Å². The Balaban J connectivity index is 3.09. The van der Waals surface area contributed by atoms with Crippen LogP contribution in [0.2, 0.25) is 0 Å². The van der Waals surface area contributed by atoms with Crippen molar-refractivity contribution in [2.45, 2.75) is 6.61 Å². The third-order valence-corrected chi connectivity index (χ3v) is 3.26. The number of rotatable bonds is 2. The summed E-state index contributed by atoms with van der Waals surface area (Å²) in [6, 6.07) is 1.55. The Morgan fingerprint density at radius 1 is 1.64 bits per heavy atom.